The van der Waals surface area contributed by atoms with Gasteiger partial charge in [-0.05, 0) is 24.6 Å². The van der Waals surface area contributed by atoms with Crippen LogP contribution in [-0.2, 0) is 6.54 Å². The van der Waals surface area contributed by atoms with E-state index in [0.717, 1.165) is 23.3 Å². The van der Waals surface area contributed by atoms with Crippen molar-refractivity contribution in [3.05, 3.63) is 71.2 Å². The summed E-state index contributed by atoms with van der Waals surface area (Å²) in [5.41, 5.74) is 1.93. The minimum Gasteiger partial charge on any atom is -0.365 e. The van der Waals surface area contributed by atoms with Gasteiger partial charge in [0.2, 0.25) is 5.95 Å². The number of nitrogens with zero attached hydrogens (tertiary/aromatic N) is 3. The fourth-order valence-electron chi connectivity index (χ4n) is 2.08. The van der Waals surface area contributed by atoms with Gasteiger partial charge in [-0.25, -0.2) is 13.2 Å². The van der Waals surface area contributed by atoms with E-state index in [-0.39, 0.29) is 11.6 Å². The minimum absolute atomic E-state index is 0.0428. The molecule has 0 fully saturated rings. The molecule has 1 heterocycles. The predicted octanol–water partition coefficient (Wildman–Crippen LogP) is 3.95. The summed E-state index contributed by atoms with van der Waals surface area (Å²) >= 11 is 0. The fraction of sp³-hybridized carbons (Fsp3) is 0.118. The Morgan fingerprint density at radius 3 is 2.48 bits per heavy atom. The van der Waals surface area contributed by atoms with Crippen LogP contribution in [0.1, 0.15) is 11.1 Å². The molecule has 3 rings (SSSR count). The van der Waals surface area contributed by atoms with Crippen molar-refractivity contribution in [2.45, 2.75) is 13.5 Å². The van der Waals surface area contributed by atoms with E-state index in [2.05, 4.69) is 25.8 Å². The molecule has 3 aromatic rings. The smallest absolute Gasteiger partial charge is 0.249 e. The van der Waals surface area contributed by atoms with Gasteiger partial charge in [-0.2, -0.15) is 10.1 Å². The molecule has 128 valence electrons. The lowest BCUT2D eigenvalue weighted by Crippen LogP contribution is -2.07. The number of halogens is 3. The Kier molecular flexibility index (Phi) is 4.78. The molecular weight excluding hydrogens is 331 g/mol. The molecule has 0 saturated heterocycles. The predicted molar refractivity (Wildman–Crippen MR) is 87.9 cm³/mol. The molecule has 0 spiro atoms. The van der Waals surface area contributed by atoms with Crippen molar-refractivity contribution in [2.24, 2.45) is 0 Å². The fourth-order valence-corrected chi connectivity index (χ4v) is 2.08. The van der Waals surface area contributed by atoms with Crippen molar-refractivity contribution >= 4 is 17.5 Å². The molecule has 0 amide bonds. The monoisotopic (exact) mass is 345 g/mol. The van der Waals surface area contributed by atoms with Gasteiger partial charge in [-0.1, -0.05) is 29.8 Å². The lowest BCUT2D eigenvalue weighted by Gasteiger charge is -2.09. The quantitative estimate of drug-likeness (QED) is 0.686. The highest BCUT2D eigenvalue weighted by molar-refractivity contribution is 5.55. The van der Waals surface area contributed by atoms with Gasteiger partial charge in [0.15, 0.2) is 23.3 Å². The van der Waals surface area contributed by atoms with E-state index < -0.39 is 17.5 Å². The van der Waals surface area contributed by atoms with Crippen LogP contribution in [0.25, 0.3) is 0 Å². The van der Waals surface area contributed by atoms with E-state index in [0.29, 0.717) is 12.4 Å². The van der Waals surface area contributed by atoms with Crippen molar-refractivity contribution < 1.29 is 13.2 Å². The maximum absolute atomic E-state index is 13.7. The van der Waals surface area contributed by atoms with Crippen molar-refractivity contribution in [3.63, 3.8) is 0 Å². The van der Waals surface area contributed by atoms with E-state index in [1.807, 2.05) is 31.2 Å². The number of anilines is 3. The highest BCUT2D eigenvalue weighted by Gasteiger charge is 2.14. The molecule has 1 aromatic heterocycles. The molecule has 0 aliphatic heterocycles. The van der Waals surface area contributed by atoms with Crippen molar-refractivity contribution in [1.82, 2.24) is 15.2 Å². The maximum atomic E-state index is 13.7. The van der Waals surface area contributed by atoms with Gasteiger partial charge in [0.1, 0.15) is 0 Å². The molecule has 0 atom stereocenters. The van der Waals surface area contributed by atoms with Gasteiger partial charge in [-0.3, -0.25) is 0 Å². The Labute approximate surface area is 141 Å². The van der Waals surface area contributed by atoms with Crippen LogP contribution in [0.4, 0.5) is 30.6 Å². The average molecular weight is 345 g/mol. The van der Waals surface area contributed by atoms with Crippen molar-refractivity contribution in [1.29, 1.82) is 0 Å². The molecule has 0 bridgehead atoms. The van der Waals surface area contributed by atoms with Gasteiger partial charge in [-0.15, -0.1) is 5.10 Å². The van der Waals surface area contributed by atoms with Crippen LogP contribution >= 0.6 is 0 Å². The van der Waals surface area contributed by atoms with E-state index in [4.69, 9.17) is 0 Å². The Bertz CT molecular complexity index is 884. The number of aromatic nitrogens is 3. The highest BCUT2D eigenvalue weighted by Crippen LogP contribution is 2.22. The summed E-state index contributed by atoms with van der Waals surface area (Å²) in [6.45, 7) is 2.51. The van der Waals surface area contributed by atoms with Crippen LogP contribution in [0.3, 0.4) is 0 Å². The zero-order valence-electron chi connectivity index (χ0n) is 13.2. The van der Waals surface area contributed by atoms with E-state index in [1.165, 1.54) is 6.20 Å². The third-order valence-electron chi connectivity index (χ3n) is 3.43. The van der Waals surface area contributed by atoms with Crippen LogP contribution in [0.5, 0.6) is 0 Å². The van der Waals surface area contributed by atoms with Crippen LogP contribution in [0.2, 0.25) is 0 Å². The highest BCUT2D eigenvalue weighted by atomic mass is 19.2. The Balaban J connectivity index is 1.71. The molecule has 25 heavy (non-hydrogen) atoms. The van der Waals surface area contributed by atoms with Crippen LogP contribution in [0, 0.1) is 24.4 Å². The minimum atomic E-state index is -1.56. The first-order valence-corrected chi connectivity index (χ1v) is 7.42. The molecule has 0 saturated carbocycles. The Morgan fingerprint density at radius 1 is 0.960 bits per heavy atom. The van der Waals surface area contributed by atoms with Crippen LogP contribution in [-0.4, -0.2) is 15.2 Å². The number of nitrogens with one attached hydrogen (secondary N) is 2. The largest absolute Gasteiger partial charge is 0.365 e. The molecule has 2 N–H and O–H groups in total. The zero-order valence-corrected chi connectivity index (χ0v) is 13.2. The molecule has 2 aromatic carbocycles. The van der Waals surface area contributed by atoms with E-state index >= 15 is 0 Å². The first-order valence-electron chi connectivity index (χ1n) is 7.42. The molecule has 0 unspecified atom stereocenters. The normalized spacial score (nSPS) is 10.6. The van der Waals surface area contributed by atoms with Gasteiger partial charge in [0, 0.05) is 6.54 Å². The third-order valence-corrected chi connectivity index (χ3v) is 3.43. The lowest BCUT2D eigenvalue weighted by molar-refractivity contribution is 0.449. The summed E-state index contributed by atoms with van der Waals surface area (Å²) in [5, 5.41) is 13.0. The van der Waals surface area contributed by atoms with Gasteiger partial charge in [0.25, 0.3) is 0 Å². The summed E-state index contributed by atoms with van der Waals surface area (Å²) in [5.74, 6) is -3.82. The van der Waals surface area contributed by atoms with Gasteiger partial charge < -0.3 is 10.6 Å². The van der Waals surface area contributed by atoms with Crippen molar-refractivity contribution in [2.75, 3.05) is 10.6 Å². The molecule has 0 aliphatic rings. The third kappa shape index (κ3) is 4.03. The number of benzene rings is 2. The van der Waals surface area contributed by atoms with Crippen LogP contribution in [0.15, 0.2) is 42.6 Å². The van der Waals surface area contributed by atoms with E-state index in [1.54, 1.807) is 0 Å². The summed E-state index contributed by atoms with van der Waals surface area (Å²) in [4.78, 5) is 4.12. The lowest BCUT2D eigenvalue weighted by atomic mass is 10.1. The number of hydrogen-bond donors (Lipinski definition) is 2. The molecule has 5 nitrogen and oxygen atoms in total. The van der Waals surface area contributed by atoms with E-state index in [9.17, 15) is 13.2 Å². The van der Waals surface area contributed by atoms with Crippen molar-refractivity contribution in [3.8, 4) is 0 Å². The number of hydrogen-bond acceptors (Lipinski definition) is 5. The van der Waals surface area contributed by atoms with Crippen LogP contribution < -0.4 is 10.6 Å². The first-order chi connectivity index (χ1) is 12.0. The summed E-state index contributed by atoms with van der Waals surface area (Å²) in [7, 11) is 0. The van der Waals surface area contributed by atoms with Gasteiger partial charge in [0.05, 0.1) is 11.9 Å². The molecule has 0 aliphatic carbocycles. The topological polar surface area (TPSA) is 62.7 Å². The summed E-state index contributed by atoms with van der Waals surface area (Å²) < 4.78 is 39.9. The maximum Gasteiger partial charge on any atom is 0.249 e. The standard InChI is InChI=1S/C17H14F3N5/c1-10-2-4-11(5-3-10)8-21-14-9-22-25-17(24-14)23-13-7-6-12(18)15(19)16(13)20/h2-7,9H,8H2,1H3,(H2,21,23,24,25). The summed E-state index contributed by atoms with van der Waals surface area (Å²) in [6.07, 6.45) is 1.40. The number of aryl methyl sites for hydroxylation is 1. The SMILES string of the molecule is Cc1ccc(CNc2cnnc(Nc3ccc(F)c(F)c3F)n2)cc1. The average Bonchev–Trinajstić information content (AvgIpc) is 2.62. The van der Waals surface area contributed by atoms with Gasteiger partial charge >= 0.3 is 0 Å². The Hall–Kier alpha value is -3.16. The number of rotatable bonds is 5. The summed E-state index contributed by atoms with van der Waals surface area (Å²) in [6, 6.07) is 9.82. The zero-order chi connectivity index (χ0) is 17.8. The molecular formula is C17H14F3N5. The second-order valence-electron chi connectivity index (χ2n) is 5.35. The molecule has 8 heteroatoms. The second kappa shape index (κ2) is 7.16. The molecule has 0 radical (unpaired) electrons. The second-order valence-corrected chi connectivity index (χ2v) is 5.35. The Morgan fingerprint density at radius 2 is 1.72 bits per heavy atom. The first kappa shape index (κ1) is 16.7.